The molecule has 0 bridgehead atoms. The van der Waals surface area contributed by atoms with Crippen molar-refractivity contribution in [3.8, 4) is 16.9 Å². The molecule has 0 saturated heterocycles. The number of fused-ring (bicyclic) bond motifs is 2. The smallest absolute Gasteiger partial charge is 0.192 e. The van der Waals surface area contributed by atoms with E-state index in [1.54, 1.807) is 32.9 Å². The van der Waals surface area contributed by atoms with Crippen LogP contribution in [0.15, 0.2) is 54.6 Å². The number of aliphatic hydroxyl groups excluding tert-OH is 1. The molecular formula is C42H53N2O5S-. The number of ketones is 1. The summed E-state index contributed by atoms with van der Waals surface area (Å²) in [4.78, 5) is 34.4. The molecule has 0 amide bonds. The van der Waals surface area contributed by atoms with Crippen molar-refractivity contribution < 1.29 is 24.9 Å². The number of rotatable bonds is 8. The molecule has 1 fully saturated rings. The van der Waals surface area contributed by atoms with Gasteiger partial charge < -0.3 is 20.1 Å². The van der Waals surface area contributed by atoms with Crippen LogP contribution in [-0.2, 0) is 17.6 Å². The molecule has 4 aromatic rings. The number of carbonyl (C=O) groups is 2. The van der Waals surface area contributed by atoms with Crippen molar-refractivity contribution in [3.63, 3.8) is 0 Å². The van der Waals surface area contributed by atoms with E-state index in [0.29, 0.717) is 23.3 Å². The Morgan fingerprint density at radius 1 is 0.900 bits per heavy atom. The van der Waals surface area contributed by atoms with Crippen molar-refractivity contribution in [3.05, 3.63) is 76.4 Å². The lowest BCUT2D eigenvalue weighted by Gasteiger charge is -2.34. The standard InChI is InChI=1S/C37H44N2O3S.C5H10O2/c1-37(2,3)29-14-19-32-28(20-29)21-33-35(38-32)43-36(39-33)34(42)22-27(7-4-23-5-15-30(40)16-6-23)26-10-8-24(9-11-26)25-12-17-31(41)18-13-25;1-5(2,3)4(6)7/h8-13,17-18,21,23,27,29-30,40-41H,4-7,14-16,19-20,22H2,1-3H3;1-3H3,(H,6,7)/p-1/t23?,27-,29-,30?;/m0./s1. The van der Waals surface area contributed by atoms with Crippen LogP contribution in [0.2, 0.25) is 0 Å². The zero-order chi connectivity index (χ0) is 36.2. The van der Waals surface area contributed by atoms with E-state index in [9.17, 15) is 24.9 Å². The second-order valence-electron chi connectivity index (χ2n) is 16.5. The number of aliphatic hydroxyl groups is 1. The number of carboxylic acids is 1. The van der Waals surface area contributed by atoms with Crippen molar-refractivity contribution >= 4 is 33.4 Å². The summed E-state index contributed by atoms with van der Waals surface area (Å²) in [5.41, 5.74) is 6.23. The topological polar surface area (TPSA) is 123 Å². The van der Waals surface area contributed by atoms with E-state index in [-0.39, 0.29) is 29.0 Å². The number of aromatic hydroxyl groups is 1. The molecule has 268 valence electrons. The Kier molecular flexibility index (Phi) is 11.8. The number of benzene rings is 2. The van der Waals surface area contributed by atoms with Crippen LogP contribution in [-0.4, -0.2) is 38.0 Å². The number of carbonyl (C=O) groups excluding carboxylic acids is 2. The Hall–Kier alpha value is -3.62. The first-order chi connectivity index (χ1) is 23.6. The van der Waals surface area contributed by atoms with Gasteiger partial charge in [-0.15, -0.1) is 0 Å². The summed E-state index contributed by atoms with van der Waals surface area (Å²) in [6.07, 6.45) is 9.36. The molecule has 7 nitrogen and oxygen atoms in total. The first kappa shape index (κ1) is 37.6. The molecule has 8 heteroatoms. The van der Waals surface area contributed by atoms with Crippen molar-refractivity contribution in [1.29, 1.82) is 0 Å². The molecule has 0 radical (unpaired) electrons. The largest absolute Gasteiger partial charge is 0.550 e. The summed E-state index contributed by atoms with van der Waals surface area (Å²) in [7, 11) is 0. The van der Waals surface area contributed by atoms with Crippen molar-refractivity contribution in [1.82, 2.24) is 9.97 Å². The van der Waals surface area contributed by atoms with E-state index in [1.807, 2.05) is 12.1 Å². The van der Waals surface area contributed by atoms with E-state index < -0.39 is 11.4 Å². The highest BCUT2D eigenvalue weighted by atomic mass is 32.1. The number of phenols is 1. The van der Waals surface area contributed by atoms with Gasteiger partial charge in [-0.1, -0.05) is 89.3 Å². The Morgan fingerprint density at radius 3 is 2.08 bits per heavy atom. The molecule has 6 rings (SSSR count). The van der Waals surface area contributed by atoms with Gasteiger partial charge in [0.25, 0.3) is 0 Å². The molecule has 50 heavy (non-hydrogen) atoms. The Bertz CT molecular complexity index is 1760. The van der Waals surface area contributed by atoms with Crippen molar-refractivity contribution in [2.45, 2.75) is 118 Å². The molecule has 1 saturated carbocycles. The summed E-state index contributed by atoms with van der Waals surface area (Å²) < 4.78 is 0. The molecule has 0 unspecified atom stereocenters. The van der Waals surface area contributed by atoms with Crippen LogP contribution in [0.4, 0.5) is 0 Å². The number of Topliss-reactive ketones (excluding diaryl/α,β-unsaturated/α-hetero) is 1. The Balaban J connectivity index is 0.000000630. The van der Waals surface area contributed by atoms with Gasteiger partial charge in [0.2, 0.25) is 0 Å². The zero-order valence-electron chi connectivity index (χ0n) is 30.5. The maximum absolute atomic E-state index is 13.8. The molecule has 0 spiro atoms. The third-order valence-electron chi connectivity index (χ3n) is 10.6. The lowest BCUT2D eigenvalue weighted by atomic mass is 9.71. The third-order valence-corrected chi connectivity index (χ3v) is 11.6. The number of nitrogens with zero attached hydrogens (tertiary/aromatic N) is 2. The van der Waals surface area contributed by atoms with Crippen LogP contribution in [0, 0.1) is 22.7 Å². The number of pyridine rings is 1. The first-order valence-corrected chi connectivity index (χ1v) is 19.0. The summed E-state index contributed by atoms with van der Waals surface area (Å²) in [5, 5.41) is 30.1. The van der Waals surface area contributed by atoms with Crippen molar-refractivity contribution in [2.75, 3.05) is 0 Å². The van der Waals surface area contributed by atoms with Gasteiger partial charge in [0.15, 0.2) is 10.8 Å². The number of thiazole rings is 1. The number of hydrogen-bond donors (Lipinski definition) is 2. The molecule has 2 heterocycles. The summed E-state index contributed by atoms with van der Waals surface area (Å²) >= 11 is 1.45. The second kappa shape index (κ2) is 15.7. The van der Waals surface area contributed by atoms with Gasteiger partial charge in [-0.2, -0.15) is 0 Å². The van der Waals surface area contributed by atoms with Crippen LogP contribution in [0.25, 0.3) is 21.5 Å². The van der Waals surface area contributed by atoms with Crippen LogP contribution in [0.3, 0.4) is 0 Å². The van der Waals surface area contributed by atoms with E-state index in [2.05, 4.69) is 51.1 Å². The molecule has 2 N–H and O–H groups in total. The minimum atomic E-state index is -1.01. The van der Waals surface area contributed by atoms with Crippen LogP contribution < -0.4 is 5.11 Å². The fourth-order valence-corrected chi connectivity index (χ4v) is 7.93. The Morgan fingerprint density at radius 2 is 1.50 bits per heavy atom. The highest BCUT2D eigenvalue weighted by Crippen LogP contribution is 2.39. The minimum absolute atomic E-state index is 0.0974. The highest BCUT2D eigenvalue weighted by Gasteiger charge is 2.30. The summed E-state index contributed by atoms with van der Waals surface area (Å²) in [6, 6.07) is 18.0. The average Bonchev–Trinajstić information content (AvgIpc) is 3.49. The predicted molar refractivity (Wildman–Crippen MR) is 199 cm³/mol. The molecule has 2 aromatic carbocycles. The predicted octanol–water partition coefficient (Wildman–Crippen LogP) is 8.69. The number of carboxylic acid groups (broad SMARTS) is 1. The number of aliphatic carboxylic acids is 1. The minimum Gasteiger partial charge on any atom is -0.550 e. The molecule has 0 aliphatic heterocycles. The summed E-state index contributed by atoms with van der Waals surface area (Å²) in [6.45, 7) is 11.8. The maximum Gasteiger partial charge on any atom is 0.192 e. The van der Waals surface area contributed by atoms with Gasteiger partial charge in [0.1, 0.15) is 16.1 Å². The Labute approximate surface area is 301 Å². The fourth-order valence-electron chi connectivity index (χ4n) is 7.04. The molecule has 2 atom stereocenters. The van der Waals surface area contributed by atoms with Gasteiger partial charge in [0.05, 0.1) is 6.10 Å². The van der Waals surface area contributed by atoms with Crippen LogP contribution in [0.5, 0.6) is 5.75 Å². The SMILES string of the molecule is CC(C)(C)C(=O)[O-].CC(C)(C)[C@H]1CCc2nc3sc(C(=O)C[C@H](CCC4CCC(O)CC4)c4ccc(-c5ccc(O)cc5)cc4)nc3cc2C1. The zero-order valence-corrected chi connectivity index (χ0v) is 31.3. The van der Waals surface area contributed by atoms with E-state index in [4.69, 9.17) is 9.97 Å². The van der Waals surface area contributed by atoms with Gasteiger partial charge in [-0.25, -0.2) is 9.97 Å². The quantitative estimate of drug-likeness (QED) is 0.177. The van der Waals surface area contributed by atoms with Crippen molar-refractivity contribution in [2.24, 2.45) is 22.7 Å². The van der Waals surface area contributed by atoms with Gasteiger partial charge in [0, 0.05) is 23.5 Å². The van der Waals surface area contributed by atoms with Gasteiger partial charge >= 0.3 is 0 Å². The lowest BCUT2D eigenvalue weighted by molar-refractivity contribution is -0.316. The van der Waals surface area contributed by atoms with E-state index in [0.717, 1.165) is 79.3 Å². The monoisotopic (exact) mass is 697 g/mol. The molecule has 2 aromatic heterocycles. The summed E-state index contributed by atoms with van der Waals surface area (Å²) in [5.74, 6) is 0.690. The van der Waals surface area contributed by atoms with E-state index >= 15 is 0 Å². The molecular weight excluding hydrogens is 645 g/mol. The fraction of sp³-hybridized carbons (Fsp3) is 0.524. The van der Waals surface area contributed by atoms with E-state index in [1.165, 1.54) is 28.2 Å². The second-order valence-corrected chi connectivity index (χ2v) is 17.5. The molecule has 2 aliphatic rings. The van der Waals surface area contributed by atoms with Crippen LogP contribution >= 0.6 is 11.3 Å². The normalized spacial score (nSPS) is 20.0. The molecule has 2 aliphatic carbocycles. The number of aromatic nitrogens is 2. The first-order valence-electron chi connectivity index (χ1n) is 18.2. The van der Waals surface area contributed by atoms with Gasteiger partial charge in [-0.05, 0) is 121 Å². The number of hydrogen-bond acceptors (Lipinski definition) is 8. The average molecular weight is 698 g/mol. The lowest BCUT2D eigenvalue weighted by Crippen LogP contribution is -2.35. The third kappa shape index (κ3) is 9.79. The van der Waals surface area contributed by atoms with Crippen LogP contribution in [0.1, 0.15) is 125 Å². The number of aryl methyl sites for hydroxylation is 1. The number of phenolic OH excluding ortho intramolecular Hbond substituents is 1. The van der Waals surface area contributed by atoms with Gasteiger partial charge in [-0.3, -0.25) is 4.79 Å². The maximum atomic E-state index is 13.8. The highest BCUT2D eigenvalue weighted by molar-refractivity contribution is 7.19.